The zero-order valence-corrected chi connectivity index (χ0v) is 17.5. The van der Waals surface area contributed by atoms with Gasteiger partial charge in [-0.15, -0.1) is 11.3 Å². The maximum atomic E-state index is 12.8. The van der Waals surface area contributed by atoms with Crippen molar-refractivity contribution in [2.24, 2.45) is 0 Å². The quantitative estimate of drug-likeness (QED) is 0.767. The second-order valence-electron chi connectivity index (χ2n) is 7.54. The number of hydrogen-bond donors (Lipinski definition) is 0. The third-order valence-corrected chi connectivity index (χ3v) is 6.70. The molecule has 1 unspecified atom stereocenters. The number of methoxy groups -OCH3 is 1. The Morgan fingerprint density at radius 2 is 2.18 bits per heavy atom. The van der Waals surface area contributed by atoms with E-state index in [1.54, 1.807) is 18.4 Å². The van der Waals surface area contributed by atoms with Gasteiger partial charge in [0.15, 0.2) is 0 Å². The summed E-state index contributed by atoms with van der Waals surface area (Å²) in [5, 5.41) is 2.13. The molecule has 2 aliphatic heterocycles. The first-order valence-corrected chi connectivity index (χ1v) is 10.9. The minimum Gasteiger partial charge on any atom is -0.497 e. The molecule has 0 saturated carbocycles. The van der Waals surface area contributed by atoms with Crippen LogP contribution < -0.4 is 9.47 Å². The van der Waals surface area contributed by atoms with E-state index in [2.05, 4.69) is 23.3 Å². The first-order valence-electron chi connectivity index (χ1n) is 10.0. The largest absolute Gasteiger partial charge is 0.497 e. The molecule has 5 nitrogen and oxygen atoms in total. The van der Waals surface area contributed by atoms with Crippen molar-refractivity contribution in [1.82, 2.24) is 9.80 Å². The van der Waals surface area contributed by atoms with E-state index in [1.807, 2.05) is 23.1 Å². The number of fused-ring (bicyclic) bond motifs is 2. The summed E-state index contributed by atoms with van der Waals surface area (Å²) >= 11 is 1.81. The lowest BCUT2D eigenvalue weighted by molar-refractivity contribution is -0.132. The number of rotatable bonds is 5. The third kappa shape index (κ3) is 4.18. The minimum absolute atomic E-state index is 0.146. The summed E-state index contributed by atoms with van der Waals surface area (Å²) in [6.45, 7) is 6.13. The van der Waals surface area contributed by atoms with Crippen molar-refractivity contribution in [2.45, 2.75) is 45.4 Å². The van der Waals surface area contributed by atoms with Gasteiger partial charge in [0, 0.05) is 49.6 Å². The number of ether oxygens (including phenoxy) is 2. The molecule has 1 aromatic carbocycles. The summed E-state index contributed by atoms with van der Waals surface area (Å²) in [5.41, 5.74) is 2.45. The number of nitrogens with zero attached hydrogens (tertiary/aromatic N) is 2. The van der Waals surface area contributed by atoms with Crippen LogP contribution in [0.4, 0.5) is 0 Å². The summed E-state index contributed by atoms with van der Waals surface area (Å²) in [5.74, 6) is 2.02. The van der Waals surface area contributed by atoms with Crippen molar-refractivity contribution in [2.75, 3.05) is 26.7 Å². The molecule has 1 aromatic heterocycles. The normalized spacial score (nSPS) is 19.4. The van der Waals surface area contributed by atoms with Gasteiger partial charge in [-0.2, -0.15) is 0 Å². The molecule has 1 atom stereocenters. The highest BCUT2D eigenvalue weighted by molar-refractivity contribution is 7.10. The highest BCUT2D eigenvalue weighted by Crippen LogP contribution is 2.30. The Balaban J connectivity index is 1.40. The van der Waals surface area contributed by atoms with Crippen LogP contribution in [-0.4, -0.2) is 48.6 Å². The number of carbonyl (C=O) groups excluding carboxylic acids is 1. The first-order chi connectivity index (χ1) is 13.7. The van der Waals surface area contributed by atoms with Crippen LogP contribution in [0.5, 0.6) is 11.5 Å². The fraction of sp³-hybridized carbons (Fsp3) is 0.500. The summed E-state index contributed by atoms with van der Waals surface area (Å²) in [6.07, 6.45) is 2.63. The van der Waals surface area contributed by atoms with Crippen LogP contribution >= 0.6 is 11.3 Å². The van der Waals surface area contributed by atoms with E-state index < -0.39 is 0 Å². The smallest absolute Gasteiger partial charge is 0.224 e. The van der Waals surface area contributed by atoms with Gasteiger partial charge in [0.25, 0.3) is 0 Å². The molecule has 0 saturated heterocycles. The van der Waals surface area contributed by atoms with Crippen molar-refractivity contribution in [1.29, 1.82) is 0 Å². The zero-order chi connectivity index (χ0) is 19.5. The number of benzene rings is 1. The van der Waals surface area contributed by atoms with Gasteiger partial charge in [0.05, 0.1) is 7.11 Å². The second kappa shape index (κ2) is 8.53. The topological polar surface area (TPSA) is 42.0 Å². The van der Waals surface area contributed by atoms with E-state index in [0.717, 1.165) is 62.6 Å². The Hall–Kier alpha value is -2.05. The molecular weight excluding hydrogens is 372 g/mol. The molecule has 6 heteroatoms. The minimum atomic E-state index is 0.146. The van der Waals surface area contributed by atoms with Gasteiger partial charge in [-0.25, -0.2) is 0 Å². The summed E-state index contributed by atoms with van der Waals surface area (Å²) < 4.78 is 11.6. The molecule has 1 amide bonds. The van der Waals surface area contributed by atoms with Crippen molar-refractivity contribution in [3.05, 3.63) is 45.6 Å². The maximum Gasteiger partial charge on any atom is 0.224 e. The van der Waals surface area contributed by atoms with Crippen molar-refractivity contribution < 1.29 is 14.3 Å². The number of amides is 1. The molecule has 2 aliphatic rings. The zero-order valence-electron chi connectivity index (χ0n) is 16.6. The fourth-order valence-electron chi connectivity index (χ4n) is 3.99. The number of hydrogen-bond acceptors (Lipinski definition) is 5. The lowest BCUT2D eigenvalue weighted by Crippen LogP contribution is -2.39. The van der Waals surface area contributed by atoms with E-state index >= 15 is 0 Å². The van der Waals surface area contributed by atoms with Crippen LogP contribution in [0.15, 0.2) is 29.6 Å². The van der Waals surface area contributed by atoms with E-state index in [4.69, 9.17) is 9.47 Å². The van der Waals surface area contributed by atoms with E-state index in [9.17, 15) is 4.79 Å². The molecular formula is C22H28N2O3S. The SMILES string of the molecule is CCC1CN(CCC(=O)N2CCc3sccc3C2)Cc2cc(OC)ccc2O1. The highest BCUT2D eigenvalue weighted by Gasteiger charge is 2.25. The predicted molar refractivity (Wildman–Crippen MR) is 111 cm³/mol. The van der Waals surface area contributed by atoms with Gasteiger partial charge in [0.2, 0.25) is 5.91 Å². The number of thiophene rings is 1. The molecule has 3 heterocycles. The van der Waals surface area contributed by atoms with Gasteiger partial charge in [-0.1, -0.05) is 6.92 Å². The third-order valence-electron chi connectivity index (χ3n) is 5.67. The molecule has 0 fully saturated rings. The Morgan fingerprint density at radius 3 is 3.00 bits per heavy atom. The molecule has 0 radical (unpaired) electrons. The van der Waals surface area contributed by atoms with Crippen LogP contribution in [-0.2, 0) is 24.3 Å². The molecule has 150 valence electrons. The van der Waals surface area contributed by atoms with Gasteiger partial charge in [-0.3, -0.25) is 9.69 Å². The summed E-state index contributed by atoms with van der Waals surface area (Å²) in [6, 6.07) is 8.14. The Morgan fingerprint density at radius 1 is 1.29 bits per heavy atom. The second-order valence-corrected chi connectivity index (χ2v) is 8.54. The molecule has 28 heavy (non-hydrogen) atoms. The summed E-state index contributed by atoms with van der Waals surface area (Å²) in [4.78, 5) is 18.6. The number of carbonyl (C=O) groups is 1. The van der Waals surface area contributed by atoms with Gasteiger partial charge in [0.1, 0.15) is 17.6 Å². The van der Waals surface area contributed by atoms with Crippen molar-refractivity contribution >= 4 is 17.2 Å². The van der Waals surface area contributed by atoms with Crippen molar-refractivity contribution in [3.63, 3.8) is 0 Å². The monoisotopic (exact) mass is 400 g/mol. The predicted octanol–water partition coefficient (Wildman–Crippen LogP) is 3.70. The molecule has 0 N–H and O–H groups in total. The standard InChI is InChI=1S/C22H28N2O3S/c1-3-18-15-23(13-17-12-19(26-2)4-5-20(17)27-18)9-7-22(25)24-10-6-21-16(14-24)8-11-28-21/h4-5,8,11-12,18H,3,6-7,9-10,13-15H2,1-2H3. The van der Waals surface area contributed by atoms with Crippen LogP contribution in [0.25, 0.3) is 0 Å². The van der Waals surface area contributed by atoms with E-state index in [0.29, 0.717) is 6.42 Å². The van der Waals surface area contributed by atoms with Crippen LogP contribution in [0.1, 0.15) is 35.8 Å². The average Bonchev–Trinajstić information content (AvgIpc) is 3.11. The molecule has 0 bridgehead atoms. The van der Waals surface area contributed by atoms with Crippen LogP contribution in [0, 0.1) is 0 Å². The maximum absolute atomic E-state index is 12.8. The van der Waals surface area contributed by atoms with Gasteiger partial charge >= 0.3 is 0 Å². The molecule has 0 aliphatic carbocycles. The Bertz CT molecular complexity index is 835. The highest BCUT2D eigenvalue weighted by atomic mass is 32.1. The molecule has 2 aromatic rings. The van der Waals surface area contributed by atoms with E-state index in [1.165, 1.54) is 10.4 Å². The van der Waals surface area contributed by atoms with Gasteiger partial charge in [-0.05, 0) is 48.1 Å². The Labute approximate surface area is 170 Å². The van der Waals surface area contributed by atoms with Crippen LogP contribution in [0.3, 0.4) is 0 Å². The average molecular weight is 401 g/mol. The van der Waals surface area contributed by atoms with Crippen molar-refractivity contribution in [3.8, 4) is 11.5 Å². The van der Waals surface area contributed by atoms with E-state index in [-0.39, 0.29) is 12.0 Å². The lowest BCUT2D eigenvalue weighted by Gasteiger charge is -2.28. The first kappa shape index (κ1) is 19.3. The molecule has 0 spiro atoms. The van der Waals surface area contributed by atoms with Gasteiger partial charge < -0.3 is 14.4 Å². The van der Waals surface area contributed by atoms with Crippen LogP contribution in [0.2, 0.25) is 0 Å². The Kier molecular flexibility index (Phi) is 5.87. The summed E-state index contributed by atoms with van der Waals surface area (Å²) in [7, 11) is 1.68. The fourth-order valence-corrected chi connectivity index (χ4v) is 4.88. The molecule has 4 rings (SSSR count). The lowest BCUT2D eigenvalue weighted by atomic mass is 10.1.